The molecular formula is C30H35FN6O4. The molecule has 0 saturated carbocycles. The van der Waals surface area contributed by atoms with E-state index in [4.69, 9.17) is 0 Å². The molecule has 2 fully saturated rings. The maximum Gasteiger partial charge on any atom is 0.331 e. The number of halogens is 1. The first-order chi connectivity index (χ1) is 19.5. The Bertz CT molecular complexity index is 1540. The summed E-state index contributed by atoms with van der Waals surface area (Å²) in [6.45, 7) is 7.84. The Balaban J connectivity index is 1.36. The molecule has 0 radical (unpaired) electrons. The standard InChI is InChI=1S/C30H35FN6O4/c1-6-20-7-10-24(31)23(15-20)26(38)33-25(18(2)3)27(39)35-13-11-30(12-14-35)28(40)34(5)29(41)37(30)22-9-8-21-16-32-19(4)36(21)17-22/h7-10,15-18,25H,6,11-14H2,1-5H3,(H,33,38). The summed E-state index contributed by atoms with van der Waals surface area (Å²) < 4.78 is 16.3. The summed E-state index contributed by atoms with van der Waals surface area (Å²) in [5.74, 6) is -1.41. The number of carbonyl (C=O) groups excluding carboxylic acids is 4. The van der Waals surface area contributed by atoms with Crippen molar-refractivity contribution in [2.75, 3.05) is 25.0 Å². The maximum absolute atomic E-state index is 14.5. The van der Waals surface area contributed by atoms with Crippen LogP contribution >= 0.6 is 0 Å². The lowest BCUT2D eigenvalue weighted by molar-refractivity contribution is -0.139. The van der Waals surface area contributed by atoms with E-state index in [1.807, 2.05) is 38.2 Å². The summed E-state index contributed by atoms with van der Waals surface area (Å²) in [5.41, 5.74) is 1.03. The third kappa shape index (κ3) is 4.72. The number of amides is 5. The molecule has 2 saturated heterocycles. The summed E-state index contributed by atoms with van der Waals surface area (Å²) in [7, 11) is 1.47. The Morgan fingerprint density at radius 3 is 2.49 bits per heavy atom. The van der Waals surface area contributed by atoms with E-state index in [2.05, 4.69) is 10.3 Å². The average Bonchev–Trinajstić information content (AvgIpc) is 3.42. The van der Waals surface area contributed by atoms with Gasteiger partial charge in [0.1, 0.15) is 23.2 Å². The molecule has 2 aliphatic heterocycles. The summed E-state index contributed by atoms with van der Waals surface area (Å²) in [6, 6.07) is 6.75. The fraction of sp³-hybridized carbons (Fsp3) is 0.433. The highest BCUT2D eigenvalue weighted by Gasteiger charge is 2.58. The number of imidazole rings is 1. The number of rotatable bonds is 6. The second-order valence-electron chi connectivity index (χ2n) is 11.2. The predicted molar refractivity (Wildman–Crippen MR) is 151 cm³/mol. The number of benzene rings is 1. The Morgan fingerprint density at radius 2 is 1.83 bits per heavy atom. The van der Waals surface area contributed by atoms with E-state index in [-0.39, 0.29) is 49.2 Å². The molecule has 1 N–H and O–H groups in total. The topological polar surface area (TPSA) is 107 Å². The zero-order valence-electron chi connectivity index (χ0n) is 24.0. The number of pyridine rings is 1. The first kappa shape index (κ1) is 28.3. The van der Waals surface area contributed by atoms with Crippen LogP contribution in [0.15, 0.2) is 42.7 Å². The van der Waals surface area contributed by atoms with Gasteiger partial charge in [-0.05, 0) is 61.9 Å². The molecule has 216 valence electrons. The molecule has 2 aliphatic rings. The van der Waals surface area contributed by atoms with Crippen molar-refractivity contribution in [3.63, 3.8) is 0 Å². The molecule has 0 bridgehead atoms. The van der Waals surface area contributed by atoms with Gasteiger partial charge in [-0.2, -0.15) is 0 Å². The van der Waals surface area contributed by atoms with Crippen molar-refractivity contribution in [3.05, 3.63) is 65.5 Å². The number of anilines is 1. The van der Waals surface area contributed by atoms with E-state index in [0.717, 1.165) is 21.8 Å². The van der Waals surface area contributed by atoms with Crippen LogP contribution < -0.4 is 10.2 Å². The number of nitrogens with zero attached hydrogens (tertiary/aromatic N) is 5. The van der Waals surface area contributed by atoms with Gasteiger partial charge in [-0.15, -0.1) is 0 Å². The molecule has 5 amide bonds. The van der Waals surface area contributed by atoms with Gasteiger partial charge in [-0.25, -0.2) is 14.2 Å². The van der Waals surface area contributed by atoms with Crippen molar-refractivity contribution in [3.8, 4) is 0 Å². The van der Waals surface area contributed by atoms with Crippen LogP contribution in [-0.2, 0) is 16.0 Å². The van der Waals surface area contributed by atoms with Gasteiger partial charge in [0.2, 0.25) is 5.91 Å². The minimum atomic E-state index is -1.13. The molecule has 4 heterocycles. The molecule has 3 aromatic rings. The largest absolute Gasteiger partial charge is 0.341 e. The van der Waals surface area contributed by atoms with Crippen molar-refractivity contribution in [1.29, 1.82) is 0 Å². The zero-order chi connectivity index (χ0) is 29.6. The summed E-state index contributed by atoms with van der Waals surface area (Å²) in [6.07, 6.45) is 4.66. The number of hydrogen-bond donors (Lipinski definition) is 1. The number of aromatic nitrogens is 2. The molecule has 0 aliphatic carbocycles. The van der Waals surface area contributed by atoms with Gasteiger partial charge >= 0.3 is 6.03 Å². The Hall–Kier alpha value is -4.28. The van der Waals surface area contributed by atoms with Crippen molar-refractivity contribution in [2.24, 2.45) is 5.92 Å². The van der Waals surface area contributed by atoms with Crippen molar-refractivity contribution < 1.29 is 23.6 Å². The zero-order valence-corrected chi connectivity index (χ0v) is 24.0. The quantitative estimate of drug-likeness (QED) is 0.463. The van der Waals surface area contributed by atoms with Crippen LogP contribution in [0.4, 0.5) is 14.9 Å². The molecule has 1 aromatic carbocycles. The number of hydrogen-bond acceptors (Lipinski definition) is 5. The van der Waals surface area contributed by atoms with Crippen molar-refractivity contribution in [2.45, 2.75) is 58.5 Å². The first-order valence-corrected chi connectivity index (χ1v) is 13.9. The number of carbonyl (C=O) groups is 4. The molecule has 1 atom stereocenters. The van der Waals surface area contributed by atoms with E-state index < -0.39 is 29.3 Å². The average molecular weight is 563 g/mol. The summed E-state index contributed by atoms with van der Waals surface area (Å²) >= 11 is 0. The first-order valence-electron chi connectivity index (χ1n) is 13.9. The number of piperidine rings is 1. The van der Waals surface area contributed by atoms with E-state index in [1.54, 1.807) is 34.3 Å². The smallest absolute Gasteiger partial charge is 0.331 e. The van der Waals surface area contributed by atoms with Crippen LogP contribution in [0.5, 0.6) is 0 Å². The molecule has 2 aromatic heterocycles. The second kappa shape index (κ2) is 10.6. The Kier molecular flexibility index (Phi) is 7.31. The van der Waals surface area contributed by atoms with E-state index in [0.29, 0.717) is 12.1 Å². The Morgan fingerprint density at radius 1 is 1.12 bits per heavy atom. The number of aryl methyl sites for hydroxylation is 2. The van der Waals surface area contributed by atoms with Gasteiger partial charge < -0.3 is 14.6 Å². The van der Waals surface area contributed by atoms with E-state index in [1.165, 1.54) is 19.2 Å². The monoisotopic (exact) mass is 562 g/mol. The van der Waals surface area contributed by atoms with Gasteiger partial charge in [0, 0.05) is 26.3 Å². The van der Waals surface area contributed by atoms with Crippen LogP contribution in [0.3, 0.4) is 0 Å². The highest BCUT2D eigenvalue weighted by Crippen LogP contribution is 2.40. The lowest BCUT2D eigenvalue weighted by atomic mass is 9.85. The minimum absolute atomic E-state index is 0.0979. The summed E-state index contributed by atoms with van der Waals surface area (Å²) in [5, 5.41) is 2.74. The lowest BCUT2D eigenvalue weighted by Crippen LogP contribution is -2.60. The number of likely N-dealkylation sites (N-methyl/N-ethyl adjacent to an activating group) is 1. The number of fused-ring (bicyclic) bond motifs is 1. The molecule has 10 nitrogen and oxygen atoms in total. The highest BCUT2D eigenvalue weighted by molar-refractivity contribution is 6.16. The summed E-state index contributed by atoms with van der Waals surface area (Å²) in [4.78, 5) is 62.2. The van der Waals surface area contributed by atoms with Crippen molar-refractivity contribution >= 4 is 35.0 Å². The molecule has 5 rings (SSSR count). The van der Waals surface area contributed by atoms with Gasteiger partial charge in [0.15, 0.2) is 0 Å². The highest BCUT2D eigenvalue weighted by atomic mass is 19.1. The van der Waals surface area contributed by atoms with Gasteiger partial charge in [0.05, 0.1) is 23.0 Å². The molecule has 11 heteroatoms. The third-order valence-corrected chi connectivity index (χ3v) is 8.37. The van der Waals surface area contributed by atoms with Gasteiger partial charge in [-0.1, -0.05) is 26.8 Å². The van der Waals surface area contributed by atoms with Gasteiger partial charge in [0.25, 0.3) is 11.8 Å². The van der Waals surface area contributed by atoms with Crippen LogP contribution in [0.1, 0.15) is 55.4 Å². The molecule has 1 spiro atoms. The minimum Gasteiger partial charge on any atom is -0.341 e. The Labute approximate surface area is 238 Å². The predicted octanol–water partition coefficient (Wildman–Crippen LogP) is 3.56. The van der Waals surface area contributed by atoms with Crippen molar-refractivity contribution in [1.82, 2.24) is 24.5 Å². The van der Waals surface area contributed by atoms with Crippen LogP contribution in [-0.4, -0.2) is 74.7 Å². The molecule has 41 heavy (non-hydrogen) atoms. The van der Waals surface area contributed by atoms with Crippen LogP contribution in [0.2, 0.25) is 0 Å². The number of likely N-dealkylation sites (tertiary alicyclic amines) is 1. The van der Waals surface area contributed by atoms with Crippen LogP contribution in [0.25, 0.3) is 5.52 Å². The maximum atomic E-state index is 14.5. The van der Waals surface area contributed by atoms with E-state index >= 15 is 0 Å². The fourth-order valence-electron chi connectivity index (χ4n) is 5.86. The fourth-order valence-corrected chi connectivity index (χ4v) is 5.86. The van der Waals surface area contributed by atoms with E-state index in [9.17, 15) is 23.6 Å². The number of urea groups is 1. The van der Waals surface area contributed by atoms with Gasteiger partial charge in [-0.3, -0.25) is 24.2 Å². The number of nitrogens with one attached hydrogen (secondary N) is 1. The normalized spacial score (nSPS) is 17.7. The third-order valence-electron chi connectivity index (χ3n) is 8.37. The lowest BCUT2D eigenvalue weighted by Gasteiger charge is -2.43. The second-order valence-corrected chi connectivity index (χ2v) is 11.2. The molecular weight excluding hydrogens is 527 g/mol. The molecule has 1 unspecified atom stereocenters. The van der Waals surface area contributed by atoms with Crippen LogP contribution in [0, 0.1) is 18.7 Å². The number of imide groups is 1. The SMILES string of the molecule is CCc1ccc(F)c(C(=O)NC(C(=O)N2CCC3(CC2)C(=O)N(C)C(=O)N3c2ccc3cnc(C)n3c2)C(C)C)c1.